The van der Waals surface area contributed by atoms with Crippen LogP contribution in [0.25, 0.3) is 0 Å². The first kappa shape index (κ1) is 8.10. The molecule has 0 aromatic heterocycles. The molecule has 9 heavy (non-hydrogen) atoms. The average Bonchev–Trinajstić information content (AvgIpc) is 1.64. The van der Waals surface area contributed by atoms with Crippen LogP contribution in [-0.4, -0.2) is 23.1 Å². The van der Waals surface area contributed by atoms with Crippen LogP contribution in [0.2, 0.25) is 0 Å². The zero-order chi connectivity index (χ0) is 7.49. The van der Waals surface area contributed by atoms with Gasteiger partial charge in [0.2, 0.25) is 0 Å². The summed E-state index contributed by atoms with van der Waals surface area (Å²) in [7, 11) is 0. The Balaban J connectivity index is 3.88. The van der Waals surface area contributed by atoms with Crippen molar-refractivity contribution in [1.82, 2.24) is 0 Å². The maximum atomic E-state index is 10.4. The first-order valence-electron chi connectivity index (χ1n) is 2.35. The second kappa shape index (κ2) is 2.59. The Hall–Kier alpha value is -0.900. The lowest BCUT2D eigenvalue weighted by Crippen LogP contribution is -2.32. The molecule has 0 atom stereocenters. The van der Waals surface area contributed by atoms with E-state index in [9.17, 15) is 9.59 Å². The maximum Gasteiger partial charge on any atom is 0.344 e. The van der Waals surface area contributed by atoms with E-state index >= 15 is 0 Å². The van der Waals surface area contributed by atoms with Crippen LogP contribution in [0, 0.1) is 0 Å². The summed E-state index contributed by atoms with van der Waals surface area (Å²) in [5.74, 6) is -0.947. The van der Waals surface area contributed by atoms with E-state index in [0.29, 0.717) is 0 Å². The zero-order valence-electron chi connectivity index (χ0n) is 5.25. The fourth-order valence-electron chi connectivity index (χ4n) is 0.188. The highest BCUT2D eigenvalue weighted by Crippen LogP contribution is 2.01. The van der Waals surface area contributed by atoms with Crippen molar-refractivity contribution in [3.63, 3.8) is 0 Å². The normalized spacial score (nSPS) is 10.6. The molecule has 0 aliphatic heterocycles. The fraction of sp³-hybridized carbons (Fsp3) is 0.600. The van der Waals surface area contributed by atoms with E-state index in [1.165, 1.54) is 13.8 Å². The van der Waals surface area contributed by atoms with Gasteiger partial charge in [-0.15, -0.1) is 0 Å². The quantitative estimate of drug-likeness (QED) is 0.311. The van der Waals surface area contributed by atoms with Gasteiger partial charge in [0.1, 0.15) is 0 Å². The van der Waals surface area contributed by atoms with Crippen molar-refractivity contribution >= 4 is 12.4 Å². The Morgan fingerprint density at radius 1 is 1.67 bits per heavy atom. The van der Waals surface area contributed by atoms with Crippen LogP contribution in [0.1, 0.15) is 13.8 Å². The molecule has 0 radical (unpaired) electrons. The smallest absolute Gasteiger partial charge is 0.344 e. The van der Waals surface area contributed by atoms with E-state index in [4.69, 9.17) is 5.11 Å². The topological polar surface area (TPSA) is 63.6 Å². The molecule has 0 amide bonds. The highest BCUT2D eigenvalue weighted by atomic mass is 16.6. The second-order valence-corrected chi connectivity index (χ2v) is 2.06. The average molecular weight is 132 g/mol. The molecular formula is C5H8O4. The largest absolute Gasteiger partial charge is 0.393 e. The third-order valence-corrected chi connectivity index (χ3v) is 0.655. The van der Waals surface area contributed by atoms with Crippen LogP contribution in [0.5, 0.6) is 0 Å². The van der Waals surface area contributed by atoms with Gasteiger partial charge in [-0.1, -0.05) is 0 Å². The lowest BCUT2D eigenvalue weighted by molar-refractivity contribution is -0.165. The van der Waals surface area contributed by atoms with Crippen molar-refractivity contribution in [2.24, 2.45) is 0 Å². The van der Waals surface area contributed by atoms with Crippen LogP contribution < -0.4 is 0 Å². The number of carbonyl (C=O) groups excluding carboxylic acids is 2. The third-order valence-electron chi connectivity index (χ3n) is 0.655. The molecule has 0 bridgehead atoms. The molecule has 0 fully saturated rings. The van der Waals surface area contributed by atoms with Gasteiger partial charge in [-0.05, 0) is 13.8 Å². The van der Waals surface area contributed by atoms with E-state index in [1.54, 1.807) is 0 Å². The van der Waals surface area contributed by atoms with Crippen molar-refractivity contribution in [2.45, 2.75) is 19.4 Å². The van der Waals surface area contributed by atoms with E-state index in [1.807, 2.05) is 0 Å². The van der Waals surface area contributed by atoms with Crippen molar-refractivity contribution in [3.8, 4) is 0 Å². The highest BCUT2D eigenvalue weighted by Gasteiger charge is 2.25. The summed E-state index contributed by atoms with van der Waals surface area (Å²) in [5, 5.41) is 8.78. The summed E-state index contributed by atoms with van der Waals surface area (Å²) in [6, 6.07) is 0. The standard InChI is InChI=1S/C5H8O4/c1-5(2,8)4(7)9-3-6/h3,8H,1-2H3. The minimum absolute atomic E-state index is 0.0136. The fourth-order valence-corrected chi connectivity index (χ4v) is 0.188. The number of rotatable bonds is 2. The lowest BCUT2D eigenvalue weighted by Gasteiger charge is -2.11. The van der Waals surface area contributed by atoms with E-state index < -0.39 is 11.6 Å². The minimum atomic E-state index is -1.58. The summed E-state index contributed by atoms with van der Waals surface area (Å²) in [6.07, 6.45) is 0. The monoisotopic (exact) mass is 132 g/mol. The highest BCUT2D eigenvalue weighted by molar-refractivity contribution is 5.83. The van der Waals surface area contributed by atoms with Gasteiger partial charge in [-0.3, -0.25) is 4.79 Å². The Kier molecular flexibility index (Phi) is 2.33. The molecule has 0 spiro atoms. The van der Waals surface area contributed by atoms with Crippen LogP contribution >= 0.6 is 0 Å². The maximum absolute atomic E-state index is 10.4. The summed E-state index contributed by atoms with van der Waals surface area (Å²) < 4.78 is 3.84. The predicted octanol–water partition coefficient (Wildman–Crippen LogP) is -0.543. The van der Waals surface area contributed by atoms with Gasteiger partial charge >= 0.3 is 12.4 Å². The van der Waals surface area contributed by atoms with Crippen molar-refractivity contribution in [1.29, 1.82) is 0 Å². The molecule has 0 saturated carbocycles. The van der Waals surface area contributed by atoms with Crippen molar-refractivity contribution < 1.29 is 19.4 Å². The van der Waals surface area contributed by atoms with Gasteiger partial charge in [0.05, 0.1) is 0 Å². The predicted molar refractivity (Wildman–Crippen MR) is 28.5 cm³/mol. The van der Waals surface area contributed by atoms with Crippen molar-refractivity contribution in [3.05, 3.63) is 0 Å². The molecule has 0 rings (SSSR count). The zero-order valence-corrected chi connectivity index (χ0v) is 5.25. The van der Waals surface area contributed by atoms with Gasteiger partial charge in [0.25, 0.3) is 0 Å². The Morgan fingerprint density at radius 3 is 2.22 bits per heavy atom. The van der Waals surface area contributed by atoms with Gasteiger partial charge in [0.15, 0.2) is 5.60 Å². The lowest BCUT2D eigenvalue weighted by atomic mass is 10.1. The summed E-state index contributed by atoms with van der Waals surface area (Å²) in [5.41, 5.74) is -1.58. The van der Waals surface area contributed by atoms with Gasteiger partial charge in [0, 0.05) is 0 Å². The molecule has 0 aliphatic carbocycles. The van der Waals surface area contributed by atoms with Crippen LogP contribution in [0.3, 0.4) is 0 Å². The molecule has 4 nitrogen and oxygen atoms in total. The number of carbonyl (C=O) groups is 2. The Morgan fingerprint density at radius 2 is 2.11 bits per heavy atom. The first-order chi connectivity index (χ1) is 3.98. The third kappa shape index (κ3) is 2.81. The molecule has 0 heterocycles. The van der Waals surface area contributed by atoms with Crippen LogP contribution in [0.4, 0.5) is 0 Å². The number of esters is 1. The van der Waals surface area contributed by atoms with E-state index in [-0.39, 0.29) is 6.47 Å². The number of aliphatic hydroxyl groups is 1. The first-order valence-corrected chi connectivity index (χ1v) is 2.35. The number of hydrogen-bond donors (Lipinski definition) is 1. The summed E-state index contributed by atoms with van der Waals surface area (Å²) in [4.78, 5) is 19.9. The molecule has 0 saturated heterocycles. The molecule has 0 aromatic rings. The van der Waals surface area contributed by atoms with Gasteiger partial charge in [-0.2, -0.15) is 0 Å². The summed E-state index contributed by atoms with van der Waals surface area (Å²) >= 11 is 0. The molecule has 1 N–H and O–H groups in total. The van der Waals surface area contributed by atoms with Gasteiger partial charge in [-0.25, -0.2) is 4.79 Å². The SMILES string of the molecule is CC(C)(O)C(=O)OC=O. The van der Waals surface area contributed by atoms with E-state index in [2.05, 4.69) is 4.74 Å². The van der Waals surface area contributed by atoms with Gasteiger partial charge < -0.3 is 9.84 Å². The van der Waals surface area contributed by atoms with Crippen LogP contribution in [-0.2, 0) is 14.3 Å². The van der Waals surface area contributed by atoms with E-state index in [0.717, 1.165) is 0 Å². The molecule has 4 heteroatoms. The Bertz CT molecular complexity index is 121. The number of ether oxygens (including phenoxy) is 1. The molecule has 52 valence electrons. The molecular weight excluding hydrogens is 124 g/mol. The van der Waals surface area contributed by atoms with Crippen molar-refractivity contribution in [2.75, 3.05) is 0 Å². The number of hydrogen-bond acceptors (Lipinski definition) is 4. The van der Waals surface area contributed by atoms with Crippen LogP contribution in [0.15, 0.2) is 0 Å². The molecule has 0 aromatic carbocycles. The molecule has 0 unspecified atom stereocenters. The molecule has 0 aliphatic rings. The Labute approximate surface area is 52.4 Å². The summed E-state index contributed by atoms with van der Waals surface area (Å²) in [6.45, 7) is 2.46. The second-order valence-electron chi connectivity index (χ2n) is 2.06. The minimum Gasteiger partial charge on any atom is -0.393 e.